The normalized spacial score (nSPS) is 10.5. The highest BCUT2D eigenvalue weighted by molar-refractivity contribution is 5.98. The molecule has 0 saturated heterocycles. The average Bonchev–Trinajstić information content (AvgIpc) is 2.87. The second kappa shape index (κ2) is 6.48. The van der Waals surface area contributed by atoms with Gasteiger partial charge in [0, 0.05) is 11.6 Å². The van der Waals surface area contributed by atoms with Crippen LogP contribution in [0.1, 0.15) is 36.7 Å². The summed E-state index contributed by atoms with van der Waals surface area (Å²) in [6, 6.07) is 3.54. The molecule has 21 heavy (non-hydrogen) atoms. The van der Waals surface area contributed by atoms with Crippen molar-refractivity contribution in [2.24, 2.45) is 0 Å². The van der Waals surface area contributed by atoms with Gasteiger partial charge in [-0.15, -0.1) is 0 Å². The van der Waals surface area contributed by atoms with Gasteiger partial charge in [0.15, 0.2) is 0 Å². The highest BCUT2D eigenvalue weighted by Gasteiger charge is 2.15. The van der Waals surface area contributed by atoms with Crippen LogP contribution in [0, 0.1) is 0 Å². The van der Waals surface area contributed by atoms with Gasteiger partial charge in [-0.1, -0.05) is 11.6 Å². The maximum atomic E-state index is 11.9. The lowest BCUT2D eigenvalue weighted by Gasteiger charge is -2.08. The average molecular weight is 287 g/mol. The number of rotatable bonds is 5. The number of allylic oxidation sites excluding steroid dienone is 2. The van der Waals surface area contributed by atoms with Gasteiger partial charge in [-0.2, -0.15) is 0 Å². The Morgan fingerprint density at radius 3 is 2.71 bits per heavy atom. The van der Waals surface area contributed by atoms with E-state index in [1.54, 1.807) is 20.1 Å². The largest absolute Gasteiger partial charge is 0.496 e. The maximum absolute atomic E-state index is 11.9. The smallest absolute Gasteiger partial charge is 0.338 e. The Bertz CT molecular complexity index is 679. The summed E-state index contributed by atoms with van der Waals surface area (Å²) in [5, 5.41) is 1.02. The summed E-state index contributed by atoms with van der Waals surface area (Å²) in [7, 11) is 1.61. The molecule has 0 saturated carbocycles. The van der Waals surface area contributed by atoms with Crippen LogP contribution in [-0.4, -0.2) is 24.7 Å². The Labute approximate surface area is 124 Å². The summed E-state index contributed by atoms with van der Waals surface area (Å²) in [5.74, 6) is 0.354. The van der Waals surface area contributed by atoms with E-state index in [0.29, 0.717) is 17.9 Å². The fourth-order valence-electron chi connectivity index (χ4n) is 2.27. The molecule has 4 nitrogen and oxygen atoms in total. The molecule has 0 aliphatic heterocycles. The molecule has 0 aliphatic rings. The van der Waals surface area contributed by atoms with Gasteiger partial charge in [-0.3, -0.25) is 0 Å². The number of fused-ring (bicyclic) bond motifs is 1. The van der Waals surface area contributed by atoms with Crippen molar-refractivity contribution in [2.75, 3.05) is 13.7 Å². The van der Waals surface area contributed by atoms with Crippen molar-refractivity contribution in [1.82, 2.24) is 4.98 Å². The molecule has 1 aromatic heterocycles. The molecule has 0 atom stereocenters. The van der Waals surface area contributed by atoms with Crippen LogP contribution in [0.5, 0.6) is 5.75 Å². The molecular formula is C17H21NO3. The predicted molar refractivity (Wildman–Crippen MR) is 83.9 cm³/mol. The molecule has 0 spiro atoms. The zero-order valence-electron chi connectivity index (χ0n) is 12.9. The van der Waals surface area contributed by atoms with E-state index in [4.69, 9.17) is 9.47 Å². The molecule has 0 aliphatic carbocycles. The number of benzene rings is 1. The van der Waals surface area contributed by atoms with Gasteiger partial charge in [0.05, 0.1) is 24.8 Å². The van der Waals surface area contributed by atoms with E-state index in [9.17, 15) is 4.79 Å². The van der Waals surface area contributed by atoms with Crippen LogP contribution in [0.3, 0.4) is 0 Å². The van der Waals surface area contributed by atoms with E-state index in [2.05, 4.69) is 24.9 Å². The van der Waals surface area contributed by atoms with Gasteiger partial charge in [0.1, 0.15) is 5.75 Å². The van der Waals surface area contributed by atoms with Crippen molar-refractivity contribution in [3.05, 3.63) is 41.1 Å². The number of aromatic nitrogens is 1. The molecule has 0 fully saturated rings. The lowest BCUT2D eigenvalue weighted by Crippen LogP contribution is -2.05. The van der Waals surface area contributed by atoms with Crippen molar-refractivity contribution in [2.45, 2.75) is 27.2 Å². The number of carbonyl (C=O) groups excluding carboxylic acids is 1. The van der Waals surface area contributed by atoms with Gasteiger partial charge in [-0.05, 0) is 44.9 Å². The summed E-state index contributed by atoms with van der Waals surface area (Å²) in [6.07, 6.45) is 4.96. The Balaban J connectivity index is 2.49. The molecule has 1 heterocycles. The minimum Gasteiger partial charge on any atom is -0.496 e. The first-order chi connectivity index (χ1) is 10.1. The van der Waals surface area contributed by atoms with Crippen molar-refractivity contribution < 1.29 is 14.3 Å². The van der Waals surface area contributed by atoms with E-state index in [1.165, 1.54) is 5.57 Å². The van der Waals surface area contributed by atoms with Crippen molar-refractivity contribution in [1.29, 1.82) is 0 Å². The molecule has 0 bridgehead atoms. The minimum atomic E-state index is -0.335. The number of hydrogen-bond acceptors (Lipinski definition) is 3. The van der Waals surface area contributed by atoms with E-state index in [0.717, 1.165) is 22.9 Å². The first kappa shape index (κ1) is 15.2. The van der Waals surface area contributed by atoms with Crippen LogP contribution in [-0.2, 0) is 11.2 Å². The van der Waals surface area contributed by atoms with Gasteiger partial charge < -0.3 is 14.5 Å². The third-order valence-electron chi connectivity index (χ3n) is 3.29. The molecule has 2 rings (SSSR count). The van der Waals surface area contributed by atoms with Gasteiger partial charge in [-0.25, -0.2) is 4.79 Å². The van der Waals surface area contributed by atoms with Crippen LogP contribution >= 0.6 is 0 Å². The third-order valence-corrected chi connectivity index (χ3v) is 3.29. The highest BCUT2D eigenvalue weighted by atomic mass is 16.5. The molecule has 2 aromatic rings. The van der Waals surface area contributed by atoms with E-state index in [-0.39, 0.29) is 5.97 Å². The molecule has 4 heteroatoms. The first-order valence-corrected chi connectivity index (χ1v) is 7.05. The second-order valence-electron chi connectivity index (χ2n) is 5.12. The van der Waals surface area contributed by atoms with Crippen LogP contribution < -0.4 is 4.74 Å². The maximum Gasteiger partial charge on any atom is 0.338 e. The van der Waals surface area contributed by atoms with Crippen molar-refractivity contribution >= 4 is 16.9 Å². The first-order valence-electron chi connectivity index (χ1n) is 7.05. The summed E-state index contributed by atoms with van der Waals surface area (Å²) in [6.45, 7) is 6.30. The Morgan fingerprint density at radius 1 is 1.33 bits per heavy atom. The summed E-state index contributed by atoms with van der Waals surface area (Å²) in [4.78, 5) is 15.1. The van der Waals surface area contributed by atoms with Crippen molar-refractivity contribution in [3.63, 3.8) is 0 Å². The second-order valence-corrected chi connectivity index (χ2v) is 5.12. The summed E-state index contributed by atoms with van der Waals surface area (Å²) >= 11 is 0. The number of hydrogen-bond donors (Lipinski definition) is 1. The molecule has 1 N–H and O–H groups in total. The van der Waals surface area contributed by atoms with Crippen molar-refractivity contribution in [3.8, 4) is 5.75 Å². The summed E-state index contributed by atoms with van der Waals surface area (Å²) in [5.41, 5.74) is 3.80. The number of aromatic amines is 1. The number of nitrogens with one attached hydrogen (secondary N) is 1. The molecule has 0 unspecified atom stereocenters. The lowest BCUT2D eigenvalue weighted by atomic mass is 10.1. The minimum absolute atomic E-state index is 0.335. The number of H-pyrrole nitrogens is 1. The Hall–Kier alpha value is -2.23. The Kier molecular flexibility index (Phi) is 4.68. The summed E-state index contributed by atoms with van der Waals surface area (Å²) < 4.78 is 10.5. The zero-order valence-corrected chi connectivity index (χ0v) is 12.9. The van der Waals surface area contributed by atoms with Crippen LogP contribution in [0.4, 0.5) is 0 Å². The number of esters is 1. The number of ether oxygens (including phenoxy) is 2. The fraction of sp³-hybridized carbons (Fsp3) is 0.353. The lowest BCUT2D eigenvalue weighted by molar-refractivity contribution is 0.0526. The number of carbonyl (C=O) groups is 1. The topological polar surface area (TPSA) is 51.3 Å². The quantitative estimate of drug-likeness (QED) is 0.671. The van der Waals surface area contributed by atoms with E-state index < -0.39 is 0 Å². The van der Waals surface area contributed by atoms with E-state index in [1.807, 2.05) is 12.3 Å². The SMILES string of the molecule is CCOC(=O)c1cc(OC)c2c(CC=C(C)C)c[nH]c2c1. The molecule has 112 valence electrons. The van der Waals surface area contributed by atoms with Gasteiger partial charge >= 0.3 is 5.97 Å². The standard InChI is InChI=1S/C17H21NO3/c1-5-21-17(19)13-8-14-16(15(9-13)20-4)12(10-18-14)7-6-11(2)3/h6,8-10,18H,5,7H2,1-4H3. The Morgan fingerprint density at radius 2 is 2.10 bits per heavy atom. The zero-order chi connectivity index (χ0) is 15.4. The van der Waals surface area contributed by atoms with Crippen LogP contribution in [0.25, 0.3) is 10.9 Å². The van der Waals surface area contributed by atoms with Crippen LogP contribution in [0.2, 0.25) is 0 Å². The molecule has 1 aromatic carbocycles. The molecular weight excluding hydrogens is 266 g/mol. The predicted octanol–water partition coefficient (Wildman–Crippen LogP) is 3.86. The van der Waals surface area contributed by atoms with E-state index >= 15 is 0 Å². The monoisotopic (exact) mass is 287 g/mol. The fourth-order valence-corrected chi connectivity index (χ4v) is 2.27. The van der Waals surface area contributed by atoms with Gasteiger partial charge in [0.2, 0.25) is 0 Å². The number of methoxy groups -OCH3 is 1. The molecule has 0 amide bonds. The highest BCUT2D eigenvalue weighted by Crippen LogP contribution is 2.31. The third kappa shape index (κ3) is 3.27. The van der Waals surface area contributed by atoms with Crippen LogP contribution in [0.15, 0.2) is 30.0 Å². The molecule has 0 radical (unpaired) electrons. The van der Waals surface area contributed by atoms with Gasteiger partial charge in [0.25, 0.3) is 0 Å².